The SMILES string of the molecule is C=CCN[C@H](c1ccc(C)cc1)[C@@H](NCC=C)c1ccc(C)cc1. The van der Waals surface area contributed by atoms with Gasteiger partial charge in [0.15, 0.2) is 0 Å². The second-order valence-electron chi connectivity index (χ2n) is 6.17. The zero-order valence-corrected chi connectivity index (χ0v) is 14.8. The van der Waals surface area contributed by atoms with Crippen LogP contribution < -0.4 is 10.6 Å². The molecule has 0 aliphatic heterocycles. The molecule has 24 heavy (non-hydrogen) atoms. The molecule has 0 aliphatic rings. The van der Waals surface area contributed by atoms with Crippen molar-refractivity contribution in [2.24, 2.45) is 0 Å². The average Bonchev–Trinajstić information content (AvgIpc) is 2.60. The van der Waals surface area contributed by atoms with Crippen LogP contribution in [0, 0.1) is 13.8 Å². The van der Waals surface area contributed by atoms with Crippen molar-refractivity contribution in [3.8, 4) is 0 Å². The average molecular weight is 320 g/mol. The highest BCUT2D eigenvalue weighted by atomic mass is 15.0. The van der Waals surface area contributed by atoms with E-state index in [0.29, 0.717) is 0 Å². The van der Waals surface area contributed by atoms with Crippen LogP contribution in [0.15, 0.2) is 73.8 Å². The maximum Gasteiger partial charge on any atom is 0.0520 e. The highest BCUT2D eigenvalue weighted by Gasteiger charge is 2.23. The Kier molecular flexibility index (Phi) is 6.98. The molecule has 0 spiro atoms. The first-order chi connectivity index (χ1) is 11.7. The molecule has 0 radical (unpaired) electrons. The van der Waals surface area contributed by atoms with Crippen LogP contribution in [0.3, 0.4) is 0 Å². The van der Waals surface area contributed by atoms with E-state index >= 15 is 0 Å². The molecule has 2 heteroatoms. The summed E-state index contributed by atoms with van der Waals surface area (Å²) in [6, 6.07) is 17.8. The maximum atomic E-state index is 3.85. The molecule has 0 unspecified atom stereocenters. The fourth-order valence-corrected chi connectivity index (χ4v) is 2.82. The molecule has 2 aromatic rings. The Bertz CT molecular complexity index is 581. The van der Waals surface area contributed by atoms with Crippen LogP contribution in [0.4, 0.5) is 0 Å². The van der Waals surface area contributed by atoms with Gasteiger partial charge in [-0.3, -0.25) is 0 Å². The molecule has 0 fully saturated rings. The Morgan fingerprint density at radius 2 is 1.04 bits per heavy atom. The third-order valence-corrected chi connectivity index (χ3v) is 4.17. The quantitative estimate of drug-likeness (QED) is 0.658. The third-order valence-electron chi connectivity index (χ3n) is 4.17. The Labute approximate surface area is 146 Å². The van der Waals surface area contributed by atoms with Gasteiger partial charge < -0.3 is 10.6 Å². The van der Waals surface area contributed by atoms with Gasteiger partial charge in [0.2, 0.25) is 0 Å². The molecular weight excluding hydrogens is 292 g/mol. The van der Waals surface area contributed by atoms with Crippen molar-refractivity contribution in [2.45, 2.75) is 25.9 Å². The lowest BCUT2D eigenvalue weighted by atomic mass is 9.92. The van der Waals surface area contributed by atoms with Crippen molar-refractivity contribution in [1.29, 1.82) is 0 Å². The summed E-state index contributed by atoms with van der Waals surface area (Å²) in [6.45, 7) is 13.4. The fourth-order valence-electron chi connectivity index (χ4n) is 2.82. The summed E-state index contributed by atoms with van der Waals surface area (Å²) in [6.07, 6.45) is 3.81. The Morgan fingerprint density at radius 1 is 0.708 bits per heavy atom. The van der Waals surface area contributed by atoms with Crippen LogP contribution in [-0.4, -0.2) is 13.1 Å². The molecule has 2 nitrogen and oxygen atoms in total. The first-order valence-corrected chi connectivity index (χ1v) is 8.47. The minimum absolute atomic E-state index is 0.159. The van der Waals surface area contributed by atoms with E-state index in [-0.39, 0.29) is 12.1 Å². The summed E-state index contributed by atoms with van der Waals surface area (Å²) in [7, 11) is 0. The number of aryl methyl sites for hydroxylation is 2. The molecule has 0 bridgehead atoms. The van der Waals surface area contributed by atoms with Gasteiger partial charge in [-0.2, -0.15) is 0 Å². The Balaban J connectivity index is 2.38. The summed E-state index contributed by atoms with van der Waals surface area (Å²) in [5.74, 6) is 0. The van der Waals surface area contributed by atoms with Crippen molar-refractivity contribution in [3.05, 3.63) is 96.1 Å². The second-order valence-corrected chi connectivity index (χ2v) is 6.17. The lowest BCUT2D eigenvalue weighted by molar-refractivity contribution is 0.409. The normalized spacial score (nSPS) is 13.2. The van der Waals surface area contributed by atoms with Crippen molar-refractivity contribution in [3.63, 3.8) is 0 Å². The van der Waals surface area contributed by atoms with E-state index < -0.39 is 0 Å². The molecule has 0 heterocycles. The minimum Gasteiger partial charge on any atom is -0.305 e. The standard InChI is InChI=1S/C22H28N2/c1-5-15-23-21(19-11-7-17(3)8-12-19)22(24-16-6-2)20-13-9-18(4)10-14-20/h5-14,21-24H,1-2,15-16H2,3-4H3/t21-,22+. The topological polar surface area (TPSA) is 24.1 Å². The largest absolute Gasteiger partial charge is 0.305 e. The van der Waals surface area contributed by atoms with E-state index in [9.17, 15) is 0 Å². The summed E-state index contributed by atoms with van der Waals surface area (Å²) < 4.78 is 0. The van der Waals surface area contributed by atoms with Crippen LogP contribution in [-0.2, 0) is 0 Å². The summed E-state index contributed by atoms with van der Waals surface area (Å²) in [5, 5.41) is 7.22. The highest BCUT2D eigenvalue weighted by Crippen LogP contribution is 2.29. The van der Waals surface area contributed by atoms with Gasteiger partial charge in [0, 0.05) is 13.1 Å². The lowest BCUT2D eigenvalue weighted by Gasteiger charge is -2.30. The molecule has 2 aromatic carbocycles. The van der Waals surface area contributed by atoms with Gasteiger partial charge in [-0.1, -0.05) is 71.8 Å². The number of hydrogen-bond acceptors (Lipinski definition) is 2. The third kappa shape index (κ3) is 4.92. The van der Waals surface area contributed by atoms with Crippen LogP contribution in [0.1, 0.15) is 34.3 Å². The van der Waals surface area contributed by atoms with Crippen LogP contribution >= 0.6 is 0 Å². The zero-order chi connectivity index (χ0) is 17.4. The summed E-state index contributed by atoms with van der Waals surface area (Å²) >= 11 is 0. The molecule has 2 atom stereocenters. The van der Waals surface area contributed by atoms with E-state index in [0.717, 1.165) is 13.1 Å². The monoisotopic (exact) mass is 320 g/mol. The maximum absolute atomic E-state index is 3.85. The Morgan fingerprint density at radius 3 is 1.33 bits per heavy atom. The van der Waals surface area contributed by atoms with Gasteiger partial charge in [0.05, 0.1) is 12.1 Å². The molecule has 0 saturated carbocycles. The number of rotatable bonds is 9. The van der Waals surface area contributed by atoms with Crippen molar-refractivity contribution in [1.82, 2.24) is 10.6 Å². The fraction of sp³-hybridized carbons (Fsp3) is 0.273. The molecule has 0 saturated heterocycles. The first kappa shape index (κ1) is 18.2. The van der Waals surface area contributed by atoms with Crippen LogP contribution in [0.25, 0.3) is 0 Å². The van der Waals surface area contributed by atoms with Gasteiger partial charge >= 0.3 is 0 Å². The van der Waals surface area contributed by atoms with Gasteiger partial charge in [-0.05, 0) is 25.0 Å². The molecule has 126 valence electrons. The molecule has 2 rings (SSSR count). The van der Waals surface area contributed by atoms with E-state index in [1.54, 1.807) is 0 Å². The molecular formula is C22H28N2. The first-order valence-electron chi connectivity index (χ1n) is 8.47. The molecule has 2 N–H and O–H groups in total. The van der Waals surface area contributed by atoms with Crippen molar-refractivity contribution in [2.75, 3.05) is 13.1 Å². The Hall–Kier alpha value is -2.16. The van der Waals surface area contributed by atoms with Gasteiger partial charge in [0.25, 0.3) is 0 Å². The van der Waals surface area contributed by atoms with E-state index in [4.69, 9.17) is 0 Å². The van der Waals surface area contributed by atoms with E-state index in [2.05, 4.69) is 86.2 Å². The summed E-state index contributed by atoms with van der Waals surface area (Å²) in [5.41, 5.74) is 5.08. The molecule has 0 aromatic heterocycles. The molecule has 0 amide bonds. The smallest absolute Gasteiger partial charge is 0.0520 e. The zero-order valence-electron chi connectivity index (χ0n) is 14.8. The number of benzene rings is 2. The molecule has 0 aliphatic carbocycles. The number of hydrogen-bond donors (Lipinski definition) is 2. The number of nitrogens with one attached hydrogen (secondary N) is 2. The minimum atomic E-state index is 0.159. The van der Waals surface area contributed by atoms with Crippen molar-refractivity contribution >= 4 is 0 Å². The van der Waals surface area contributed by atoms with Crippen LogP contribution in [0.2, 0.25) is 0 Å². The van der Waals surface area contributed by atoms with E-state index in [1.165, 1.54) is 22.3 Å². The van der Waals surface area contributed by atoms with Gasteiger partial charge in [-0.25, -0.2) is 0 Å². The highest BCUT2D eigenvalue weighted by molar-refractivity contribution is 5.31. The lowest BCUT2D eigenvalue weighted by Crippen LogP contribution is -2.35. The van der Waals surface area contributed by atoms with E-state index in [1.807, 2.05) is 12.2 Å². The van der Waals surface area contributed by atoms with Gasteiger partial charge in [0.1, 0.15) is 0 Å². The predicted octanol–water partition coefficient (Wildman–Crippen LogP) is 4.64. The predicted molar refractivity (Wildman–Crippen MR) is 104 cm³/mol. The van der Waals surface area contributed by atoms with Crippen molar-refractivity contribution < 1.29 is 0 Å². The van der Waals surface area contributed by atoms with Gasteiger partial charge in [-0.15, -0.1) is 13.2 Å². The second kappa shape index (κ2) is 9.21. The van der Waals surface area contributed by atoms with Crippen LogP contribution in [0.5, 0.6) is 0 Å². The summed E-state index contributed by atoms with van der Waals surface area (Å²) in [4.78, 5) is 0.